The predicted molar refractivity (Wildman–Crippen MR) is 128 cm³/mol. The molecule has 0 radical (unpaired) electrons. The van der Waals surface area contributed by atoms with Crippen molar-refractivity contribution >= 4 is 11.7 Å². The third-order valence-electron chi connectivity index (χ3n) is 6.50. The first-order chi connectivity index (χ1) is 16.9. The molecule has 8 nitrogen and oxygen atoms in total. The van der Waals surface area contributed by atoms with Gasteiger partial charge in [-0.15, -0.1) is 5.10 Å². The molecule has 0 saturated carbocycles. The average Bonchev–Trinajstić information content (AvgIpc) is 3.36. The van der Waals surface area contributed by atoms with E-state index in [1.807, 2.05) is 49.7 Å². The van der Waals surface area contributed by atoms with Gasteiger partial charge in [0.25, 0.3) is 11.6 Å². The Hall–Kier alpha value is -3.76. The third-order valence-corrected chi connectivity index (χ3v) is 6.50. The number of halogens is 3. The molecule has 11 heteroatoms. The maximum atomic E-state index is 13.0. The highest BCUT2D eigenvalue weighted by atomic mass is 19.4. The lowest BCUT2D eigenvalue weighted by Gasteiger charge is -2.18. The van der Waals surface area contributed by atoms with E-state index >= 15 is 0 Å². The van der Waals surface area contributed by atoms with E-state index in [-0.39, 0.29) is 18.1 Å². The summed E-state index contributed by atoms with van der Waals surface area (Å²) in [7, 11) is 1.74. The minimum absolute atomic E-state index is 0.0918. The van der Waals surface area contributed by atoms with Crippen molar-refractivity contribution in [2.45, 2.75) is 60.2 Å². The van der Waals surface area contributed by atoms with Crippen LogP contribution < -0.4 is 0 Å². The number of carbonyl (C=O) groups excluding carboxylic acids is 1. The molecule has 4 rings (SSSR count). The lowest BCUT2D eigenvalue weighted by atomic mass is 10.1. The van der Waals surface area contributed by atoms with Gasteiger partial charge in [0.1, 0.15) is 0 Å². The highest BCUT2D eigenvalue weighted by Gasteiger charge is 2.37. The summed E-state index contributed by atoms with van der Waals surface area (Å²) >= 11 is 0. The second kappa shape index (κ2) is 9.36. The fraction of sp³-hybridized carbons (Fsp3) is 0.400. The summed E-state index contributed by atoms with van der Waals surface area (Å²) in [6.07, 6.45) is -4.15. The van der Waals surface area contributed by atoms with Crippen LogP contribution in [-0.4, -0.2) is 47.2 Å². The van der Waals surface area contributed by atoms with Crippen LogP contribution in [0.5, 0.6) is 0 Å². The molecule has 3 heterocycles. The van der Waals surface area contributed by atoms with Gasteiger partial charge < -0.3 is 4.90 Å². The van der Waals surface area contributed by atoms with Crippen LogP contribution in [0, 0.1) is 34.6 Å². The Labute approximate surface area is 206 Å². The van der Waals surface area contributed by atoms with Gasteiger partial charge in [0, 0.05) is 42.7 Å². The molecule has 1 amide bonds. The van der Waals surface area contributed by atoms with Crippen LogP contribution in [0.3, 0.4) is 0 Å². The lowest BCUT2D eigenvalue weighted by molar-refractivity contribution is -0.144. The minimum atomic E-state index is -4.66. The van der Waals surface area contributed by atoms with E-state index in [1.54, 1.807) is 25.8 Å². The monoisotopic (exact) mass is 499 g/mol. The summed E-state index contributed by atoms with van der Waals surface area (Å²) in [6.45, 7) is 9.70. The smallest absolute Gasteiger partial charge is 0.341 e. The number of benzene rings is 1. The van der Waals surface area contributed by atoms with Gasteiger partial charge in [-0.1, -0.05) is 18.2 Å². The molecule has 4 aromatic rings. The Bertz CT molecular complexity index is 1450. The van der Waals surface area contributed by atoms with E-state index in [0.29, 0.717) is 29.9 Å². The molecule has 0 fully saturated rings. The molecule has 36 heavy (non-hydrogen) atoms. The highest BCUT2D eigenvalue weighted by molar-refractivity contribution is 5.76. The molecule has 0 atom stereocenters. The Morgan fingerprint density at radius 3 is 2.31 bits per heavy atom. The van der Waals surface area contributed by atoms with E-state index in [4.69, 9.17) is 5.10 Å². The summed E-state index contributed by atoms with van der Waals surface area (Å²) in [4.78, 5) is 22.3. The van der Waals surface area contributed by atoms with E-state index in [9.17, 15) is 18.0 Å². The molecule has 0 saturated heterocycles. The molecular weight excluding hydrogens is 471 g/mol. The van der Waals surface area contributed by atoms with Crippen molar-refractivity contribution < 1.29 is 18.0 Å². The van der Waals surface area contributed by atoms with Gasteiger partial charge >= 0.3 is 6.18 Å². The van der Waals surface area contributed by atoms with Crippen LogP contribution in [-0.2, 0) is 23.9 Å². The zero-order valence-corrected chi connectivity index (χ0v) is 21.1. The number of rotatable bonds is 6. The number of amides is 1. The third kappa shape index (κ3) is 4.69. The van der Waals surface area contributed by atoms with Gasteiger partial charge in [-0.05, 0) is 58.2 Å². The van der Waals surface area contributed by atoms with Gasteiger partial charge in [-0.25, -0.2) is 14.2 Å². The topological polar surface area (TPSA) is 81.2 Å². The standard InChI is InChI=1S/C25H28F3N7O/c1-14-9-7-8-10-21(14)34-18(5)20(16(3)31-34)13-33(6)22(36)12-11-19-15(2)29-24-30-23(25(26,27)28)32-35(24)17(19)4/h7-10H,11-13H2,1-6H3. The quantitative estimate of drug-likeness (QED) is 0.391. The molecule has 0 aliphatic rings. The Morgan fingerprint density at radius 1 is 0.944 bits per heavy atom. The molecule has 0 unspecified atom stereocenters. The van der Waals surface area contributed by atoms with Gasteiger partial charge in [-0.2, -0.15) is 23.3 Å². The number of para-hydroxylation sites is 1. The van der Waals surface area contributed by atoms with Gasteiger partial charge in [0.05, 0.1) is 11.4 Å². The normalized spacial score (nSPS) is 11.9. The van der Waals surface area contributed by atoms with Crippen molar-refractivity contribution in [3.05, 3.63) is 69.6 Å². The van der Waals surface area contributed by atoms with Crippen molar-refractivity contribution in [1.82, 2.24) is 34.3 Å². The summed E-state index contributed by atoms with van der Waals surface area (Å²) in [5, 5.41) is 8.26. The number of alkyl halides is 3. The van der Waals surface area contributed by atoms with Crippen molar-refractivity contribution in [2.24, 2.45) is 0 Å². The fourth-order valence-electron chi connectivity index (χ4n) is 4.38. The molecule has 1 aromatic carbocycles. The average molecular weight is 500 g/mol. The SMILES string of the molecule is Cc1ccccc1-n1nc(C)c(CN(C)C(=O)CCc2c(C)nc3nc(C(F)(F)F)nn3c2C)c1C. The largest absolute Gasteiger partial charge is 0.453 e. The first kappa shape index (κ1) is 25.3. The second-order valence-electron chi connectivity index (χ2n) is 9.00. The summed E-state index contributed by atoms with van der Waals surface area (Å²) in [5.41, 5.74) is 6.59. The number of carbonyl (C=O) groups is 1. The van der Waals surface area contributed by atoms with Crippen LogP contribution in [0.2, 0.25) is 0 Å². The van der Waals surface area contributed by atoms with Crippen molar-refractivity contribution in [3.8, 4) is 5.69 Å². The molecule has 0 N–H and O–H groups in total. The second-order valence-corrected chi connectivity index (χ2v) is 9.00. The number of hydrogen-bond acceptors (Lipinski definition) is 5. The van der Waals surface area contributed by atoms with E-state index in [0.717, 1.165) is 32.7 Å². The first-order valence-corrected chi connectivity index (χ1v) is 11.5. The zero-order chi connectivity index (χ0) is 26.4. The number of aryl methyl sites for hydroxylation is 4. The summed E-state index contributed by atoms with van der Waals surface area (Å²) in [6, 6.07) is 7.98. The molecule has 0 aliphatic carbocycles. The Kier molecular flexibility index (Phi) is 6.59. The van der Waals surface area contributed by atoms with Crippen LogP contribution in [0.4, 0.5) is 13.2 Å². The van der Waals surface area contributed by atoms with Crippen LogP contribution in [0.25, 0.3) is 11.5 Å². The van der Waals surface area contributed by atoms with E-state index < -0.39 is 12.0 Å². The summed E-state index contributed by atoms with van der Waals surface area (Å²) < 4.78 is 42.1. The van der Waals surface area contributed by atoms with Crippen LogP contribution in [0.15, 0.2) is 24.3 Å². The highest BCUT2D eigenvalue weighted by Crippen LogP contribution is 2.27. The zero-order valence-electron chi connectivity index (χ0n) is 21.1. The van der Waals surface area contributed by atoms with E-state index in [1.165, 1.54) is 0 Å². The molecule has 3 aromatic heterocycles. The number of aromatic nitrogens is 6. The maximum Gasteiger partial charge on any atom is 0.453 e. The Morgan fingerprint density at radius 2 is 1.64 bits per heavy atom. The molecule has 190 valence electrons. The van der Waals surface area contributed by atoms with Crippen molar-refractivity contribution in [1.29, 1.82) is 0 Å². The first-order valence-electron chi connectivity index (χ1n) is 11.5. The molecule has 0 spiro atoms. The molecular formula is C25H28F3N7O. The lowest BCUT2D eigenvalue weighted by Crippen LogP contribution is -2.27. The molecule has 0 bridgehead atoms. The number of nitrogens with zero attached hydrogens (tertiary/aromatic N) is 7. The van der Waals surface area contributed by atoms with Gasteiger partial charge in [0.2, 0.25) is 5.91 Å². The van der Waals surface area contributed by atoms with Crippen LogP contribution >= 0.6 is 0 Å². The van der Waals surface area contributed by atoms with E-state index in [2.05, 4.69) is 15.1 Å². The summed E-state index contributed by atoms with van der Waals surface area (Å²) in [5.74, 6) is -1.44. The fourth-order valence-corrected chi connectivity index (χ4v) is 4.38. The Balaban J connectivity index is 1.50. The van der Waals surface area contributed by atoms with Crippen molar-refractivity contribution in [3.63, 3.8) is 0 Å². The van der Waals surface area contributed by atoms with Crippen LogP contribution in [0.1, 0.15) is 51.7 Å². The van der Waals surface area contributed by atoms with Crippen molar-refractivity contribution in [2.75, 3.05) is 7.05 Å². The minimum Gasteiger partial charge on any atom is -0.341 e. The maximum absolute atomic E-state index is 13.0. The number of hydrogen-bond donors (Lipinski definition) is 0. The molecule has 0 aliphatic heterocycles. The number of fused-ring (bicyclic) bond motifs is 1. The van der Waals surface area contributed by atoms with Gasteiger partial charge in [-0.3, -0.25) is 4.79 Å². The predicted octanol–water partition coefficient (Wildman–Crippen LogP) is 4.46. The van der Waals surface area contributed by atoms with Gasteiger partial charge in [0.15, 0.2) is 0 Å².